The minimum absolute atomic E-state index is 0.296. The van der Waals surface area contributed by atoms with E-state index in [4.69, 9.17) is 0 Å². The lowest BCUT2D eigenvalue weighted by Crippen LogP contribution is -2.14. The van der Waals surface area contributed by atoms with Crippen LogP contribution in [0.3, 0.4) is 0 Å². The van der Waals surface area contributed by atoms with Crippen LogP contribution in [0.5, 0.6) is 0 Å². The van der Waals surface area contributed by atoms with Gasteiger partial charge < -0.3 is 5.11 Å². The number of hydrogen-bond acceptors (Lipinski definition) is 1. The summed E-state index contributed by atoms with van der Waals surface area (Å²) in [5, 5.41) is 10.2. The van der Waals surface area contributed by atoms with E-state index in [2.05, 4.69) is 58.9 Å². The Hall–Kier alpha value is -0.820. The number of benzene rings is 1. The monoisotopic (exact) mass is 234 g/mol. The average molecular weight is 234 g/mol. The molecule has 0 radical (unpaired) electrons. The predicted molar refractivity (Wildman–Crippen MR) is 74.1 cm³/mol. The zero-order valence-corrected chi connectivity index (χ0v) is 11.8. The van der Waals surface area contributed by atoms with Crippen LogP contribution in [0.25, 0.3) is 0 Å². The van der Waals surface area contributed by atoms with Gasteiger partial charge in [-0.2, -0.15) is 0 Å². The first-order valence-corrected chi connectivity index (χ1v) is 6.75. The van der Waals surface area contributed by atoms with E-state index in [0.717, 1.165) is 12.0 Å². The first-order valence-electron chi connectivity index (χ1n) is 6.75. The lowest BCUT2D eigenvalue weighted by Gasteiger charge is -2.23. The highest BCUT2D eigenvalue weighted by molar-refractivity contribution is 5.26. The zero-order valence-electron chi connectivity index (χ0n) is 11.8. The highest BCUT2D eigenvalue weighted by Gasteiger charge is 2.19. The molecule has 1 nitrogen and oxygen atoms in total. The van der Waals surface area contributed by atoms with Crippen LogP contribution in [0, 0.1) is 11.8 Å². The summed E-state index contributed by atoms with van der Waals surface area (Å²) in [6.45, 7) is 10.9. The second-order valence-electron chi connectivity index (χ2n) is 5.52. The van der Waals surface area contributed by atoms with Crippen molar-refractivity contribution < 1.29 is 5.11 Å². The van der Waals surface area contributed by atoms with Crippen LogP contribution in [0.4, 0.5) is 0 Å². The van der Waals surface area contributed by atoms with Crippen molar-refractivity contribution in [3.8, 4) is 0 Å². The average Bonchev–Trinajstić information content (AvgIpc) is 2.36. The summed E-state index contributed by atoms with van der Waals surface area (Å²) in [6.07, 6.45) is 0.811. The maximum absolute atomic E-state index is 10.2. The Morgan fingerprint density at radius 1 is 0.941 bits per heavy atom. The maximum Gasteiger partial charge on any atom is 0.0818 e. The van der Waals surface area contributed by atoms with E-state index in [1.54, 1.807) is 0 Å². The molecule has 0 fully saturated rings. The van der Waals surface area contributed by atoms with Gasteiger partial charge in [-0.05, 0) is 35.3 Å². The Kier molecular flexibility index (Phi) is 5.20. The fourth-order valence-corrected chi connectivity index (χ4v) is 1.93. The molecule has 0 saturated heterocycles. The molecule has 0 heterocycles. The van der Waals surface area contributed by atoms with Crippen LogP contribution < -0.4 is 0 Å². The molecule has 1 N–H and O–H groups in total. The summed E-state index contributed by atoms with van der Waals surface area (Å²) in [4.78, 5) is 0. The number of rotatable bonds is 5. The molecule has 1 heteroatoms. The molecular weight excluding hydrogens is 208 g/mol. The van der Waals surface area contributed by atoms with Gasteiger partial charge in [0, 0.05) is 0 Å². The Balaban J connectivity index is 2.80. The fraction of sp³-hybridized carbons (Fsp3) is 0.625. The highest BCUT2D eigenvalue weighted by atomic mass is 16.3. The molecule has 0 saturated carbocycles. The summed E-state index contributed by atoms with van der Waals surface area (Å²) in [5.74, 6) is 1.40. The van der Waals surface area contributed by atoms with Gasteiger partial charge in [0.05, 0.1) is 6.10 Å². The van der Waals surface area contributed by atoms with Crippen molar-refractivity contribution in [2.45, 2.75) is 53.1 Å². The molecule has 0 amide bonds. The molecule has 0 spiro atoms. The van der Waals surface area contributed by atoms with Crippen molar-refractivity contribution in [1.29, 1.82) is 0 Å². The third-order valence-corrected chi connectivity index (χ3v) is 4.01. The van der Waals surface area contributed by atoms with Crippen LogP contribution in [0.1, 0.15) is 64.2 Å². The standard InChI is InChI=1S/C16H26O/c1-6-12(4)14-7-9-15(10-8-14)16(17)13(5)11(2)3/h7-13,16-17H,6H2,1-5H3. The van der Waals surface area contributed by atoms with Crippen LogP contribution in [0.15, 0.2) is 24.3 Å². The van der Waals surface area contributed by atoms with Gasteiger partial charge in [0.1, 0.15) is 0 Å². The smallest absolute Gasteiger partial charge is 0.0818 e. The van der Waals surface area contributed by atoms with Crippen molar-refractivity contribution in [1.82, 2.24) is 0 Å². The quantitative estimate of drug-likeness (QED) is 0.794. The van der Waals surface area contributed by atoms with Crippen LogP contribution in [0.2, 0.25) is 0 Å². The van der Waals surface area contributed by atoms with Gasteiger partial charge in [-0.15, -0.1) is 0 Å². The van der Waals surface area contributed by atoms with Gasteiger partial charge in [0.15, 0.2) is 0 Å². The Morgan fingerprint density at radius 2 is 1.41 bits per heavy atom. The Bertz CT molecular complexity index is 326. The van der Waals surface area contributed by atoms with Crippen molar-refractivity contribution in [2.24, 2.45) is 11.8 Å². The summed E-state index contributed by atoms with van der Waals surface area (Å²) in [6, 6.07) is 8.45. The molecule has 96 valence electrons. The topological polar surface area (TPSA) is 20.2 Å². The molecule has 0 aliphatic carbocycles. The van der Waals surface area contributed by atoms with Gasteiger partial charge in [0.25, 0.3) is 0 Å². The summed E-state index contributed by atoms with van der Waals surface area (Å²) in [5.41, 5.74) is 2.40. The van der Waals surface area contributed by atoms with E-state index in [9.17, 15) is 5.11 Å². The van der Waals surface area contributed by atoms with Crippen molar-refractivity contribution >= 4 is 0 Å². The van der Waals surface area contributed by atoms with E-state index in [1.807, 2.05) is 0 Å². The molecule has 17 heavy (non-hydrogen) atoms. The Morgan fingerprint density at radius 3 is 1.82 bits per heavy atom. The van der Waals surface area contributed by atoms with Crippen LogP contribution in [-0.4, -0.2) is 5.11 Å². The number of aliphatic hydroxyl groups excluding tert-OH is 1. The molecule has 0 aliphatic heterocycles. The fourth-order valence-electron chi connectivity index (χ4n) is 1.93. The first kappa shape index (κ1) is 14.2. The van der Waals surface area contributed by atoms with Gasteiger partial charge in [-0.1, -0.05) is 58.9 Å². The zero-order chi connectivity index (χ0) is 13.0. The van der Waals surface area contributed by atoms with Gasteiger partial charge in [-0.25, -0.2) is 0 Å². The molecule has 0 bridgehead atoms. The van der Waals surface area contributed by atoms with Crippen LogP contribution in [-0.2, 0) is 0 Å². The van der Waals surface area contributed by atoms with E-state index in [0.29, 0.717) is 17.8 Å². The van der Waals surface area contributed by atoms with Gasteiger partial charge in [-0.3, -0.25) is 0 Å². The van der Waals surface area contributed by atoms with E-state index < -0.39 is 0 Å². The number of aliphatic hydroxyl groups is 1. The van der Waals surface area contributed by atoms with Gasteiger partial charge in [0.2, 0.25) is 0 Å². The molecular formula is C16H26O. The lowest BCUT2D eigenvalue weighted by molar-refractivity contribution is 0.0921. The molecule has 3 unspecified atom stereocenters. The molecule has 1 aromatic carbocycles. The predicted octanol–water partition coefficient (Wildman–Crippen LogP) is 4.53. The Labute approximate surface area is 106 Å². The molecule has 0 aromatic heterocycles. The van der Waals surface area contributed by atoms with Crippen molar-refractivity contribution in [3.05, 3.63) is 35.4 Å². The van der Waals surface area contributed by atoms with E-state index >= 15 is 0 Å². The third kappa shape index (κ3) is 3.57. The van der Waals surface area contributed by atoms with Crippen molar-refractivity contribution in [3.63, 3.8) is 0 Å². The molecule has 1 aromatic rings. The summed E-state index contributed by atoms with van der Waals surface area (Å²) >= 11 is 0. The highest BCUT2D eigenvalue weighted by Crippen LogP contribution is 2.28. The molecule has 1 rings (SSSR count). The van der Waals surface area contributed by atoms with E-state index in [1.165, 1.54) is 5.56 Å². The normalized spacial score (nSPS) is 16.9. The minimum Gasteiger partial charge on any atom is -0.388 e. The second kappa shape index (κ2) is 6.20. The van der Waals surface area contributed by atoms with Gasteiger partial charge >= 0.3 is 0 Å². The van der Waals surface area contributed by atoms with Crippen molar-refractivity contribution in [2.75, 3.05) is 0 Å². The van der Waals surface area contributed by atoms with E-state index in [-0.39, 0.29) is 6.10 Å². The molecule has 0 aliphatic rings. The van der Waals surface area contributed by atoms with Crippen LogP contribution >= 0.6 is 0 Å². The minimum atomic E-state index is -0.346. The molecule has 3 atom stereocenters. The lowest BCUT2D eigenvalue weighted by atomic mass is 9.87. The summed E-state index contributed by atoms with van der Waals surface area (Å²) < 4.78 is 0. The number of hydrogen-bond donors (Lipinski definition) is 1. The third-order valence-electron chi connectivity index (χ3n) is 4.01. The first-order chi connectivity index (χ1) is 7.97. The SMILES string of the molecule is CCC(C)c1ccc(C(O)C(C)C(C)C)cc1. The summed E-state index contributed by atoms with van der Waals surface area (Å²) in [7, 11) is 0. The largest absolute Gasteiger partial charge is 0.388 e. The second-order valence-corrected chi connectivity index (χ2v) is 5.52. The maximum atomic E-state index is 10.2.